The molecule has 1 aromatic carbocycles. The van der Waals surface area contributed by atoms with E-state index in [1.807, 2.05) is 0 Å². The van der Waals surface area contributed by atoms with E-state index in [0.29, 0.717) is 12.0 Å². The van der Waals surface area contributed by atoms with Crippen LogP contribution in [-0.4, -0.2) is 53.6 Å². The van der Waals surface area contributed by atoms with Crippen LogP contribution in [0.4, 0.5) is 0 Å². The number of carbonyl (C=O) groups excluding carboxylic acids is 1. The number of aromatic carboxylic acids is 1. The first-order valence-corrected chi connectivity index (χ1v) is 17.2. The third kappa shape index (κ3) is 19.8. The Labute approximate surface area is 252 Å². The highest BCUT2D eigenvalue weighted by molar-refractivity contribution is 5.99. The molecular weight excluding hydrogens is 510 g/mol. The molecule has 5 nitrogen and oxygen atoms in total. The molecule has 0 unspecified atom stereocenters. The highest BCUT2D eigenvalue weighted by Gasteiger charge is 2.15. The number of unbranched alkanes of at least 4 members (excludes halogenated alkanes) is 20. The van der Waals surface area contributed by atoms with Crippen LogP contribution in [0.5, 0.6) is 5.75 Å². The van der Waals surface area contributed by atoms with Crippen molar-refractivity contribution >= 4 is 11.8 Å². The van der Waals surface area contributed by atoms with Gasteiger partial charge >= 0.3 is 5.97 Å². The third-order valence-electron chi connectivity index (χ3n) is 8.58. The van der Waals surface area contributed by atoms with E-state index >= 15 is 0 Å². The molecule has 0 saturated carbocycles. The molecule has 0 spiro atoms. The molecule has 0 aromatic heterocycles. The minimum Gasteiger partial charge on any atom is -0.507 e. The molecular formula is C36H64NO4+. The molecule has 0 atom stereocenters. The number of carboxylic acid groups (broad SMARTS) is 1. The summed E-state index contributed by atoms with van der Waals surface area (Å²) in [4.78, 5) is 23.5. The van der Waals surface area contributed by atoms with E-state index in [0.717, 1.165) is 23.7 Å². The standard InChI is InChI=1S/C36H63NO4/c1-4-5-6-7-8-9-10-11-12-13-15-18-21-24-29-37(2,3)30-25-22-19-16-14-17-20-23-26-34(38)32-27-28-35(39)33(31-32)36(40)41/h27-28,31H,4-26,29-30H2,1-3H3,(H-,38,39,40,41)/p+1. The number of quaternary nitrogens is 1. The molecule has 0 aliphatic heterocycles. The van der Waals surface area contributed by atoms with Gasteiger partial charge in [0.15, 0.2) is 5.78 Å². The highest BCUT2D eigenvalue weighted by atomic mass is 16.4. The van der Waals surface area contributed by atoms with Gasteiger partial charge in [-0.05, 0) is 50.3 Å². The molecule has 0 bridgehead atoms. The predicted octanol–water partition coefficient (Wildman–Crippen LogP) is 10.3. The fraction of sp³-hybridized carbons (Fsp3) is 0.778. The summed E-state index contributed by atoms with van der Waals surface area (Å²) in [7, 11) is 4.79. The smallest absolute Gasteiger partial charge is 0.339 e. The Balaban J connectivity index is 1.91. The molecule has 1 rings (SSSR count). The van der Waals surface area contributed by atoms with Crippen molar-refractivity contribution in [2.24, 2.45) is 0 Å². The first-order valence-electron chi connectivity index (χ1n) is 17.2. The fourth-order valence-electron chi connectivity index (χ4n) is 5.76. The van der Waals surface area contributed by atoms with Crippen LogP contribution in [0.15, 0.2) is 18.2 Å². The number of ketones is 1. The van der Waals surface area contributed by atoms with Gasteiger partial charge in [-0.2, -0.15) is 0 Å². The minimum atomic E-state index is -1.22. The van der Waals surface area contributed by atoms with Gasteiger partial charge in [0.25, 0.3) is 0 Å². The van der Waals surface area contributed by atoms with Gasteiger partial charge in [-0.3, -0.25) is 4.79 Å². The Bertz CT molecular complexity index is 820. The van der Waals surface area contributed by atoms with Gasteiger partial charge in [0, 0.05) is 12.0 Å². The first kappa shape index (κ1) is 37.1. The molecule has 0 aliphatic rings. The van der Waals surface area contributed by atoms with Crippen LogP contribution in [0, 0.1) is 0 Å². The molecule has 0 heterocycles. The Morgan fingerprint density at radius 3 is 1.41 bits per heavy atom. The highest BCUT2D eigenvalue weighted by Crippen LogP contribution is 2.20. The van der Waals surface area contributed by atoms with Crippen LogP contribution in [0.1, 0.15) is 175 Å². The summed E-state index contributed by atoms with van der Waals surface area (Å²) in [5, 5.41) is 18.7. The first-order chi connectivity index (χ1) is 19.8. The Hall–Kier alpha value is -1.88. The van der Waals surface area contributed by atoms with E-state index < -0.39 is 5.97 Å². The van der Waals surface area contributed by atoms with Crippen molar-refractivity contribution in [3.05, 3.63) is 29.3 Å². The molecule has 5 heteroatoms. The number of aromatic hydroxyl groups is 1. The molecule has 0 radical (unpaired) electrons. The second kappa shape index (κ2) is 23.7. The summed E-state index contributed by atoms with van der Waals surface area (Å²) >= 11 is 0. The van der Waals surface area contributed by atoms with Crippen molar-refractivity contribution in [2.45, 2.75) is 155 Å². The van der Waals surface area contributed by atoms with Crippen molar-refractivity contribution in [3.63, 3.8) is 0 Å². The summed E-state index contributed by atoms with van der Waals surface area (Å²) in [6.07, 6.45) is 29.7. The number of phenols is 1. The number of carbonyl (C=O) groups is 2. The number of carboxylic acids is 1. The van der Waals surface area contributed by atoms with Gasteiger partial charge < -0.3 is 14.7 Å². The van der Waals surface area contributed by atoms with Crippen molar-refractivity contribution in [3.8, 4) is 5.75 Å². The normalized spacial score (nSPS) is 11.7. The summed E-state index contributed by atoms with van der Waals surface area (Å²) in [5.74, 6) is -1.58. The molecule has 0 aliphatic carbocycles. The SMILES string of the molecule is CCCCCCCCCCCCCCCC[N+](C)(C)CCCCCCCCCCC(=O)c1ccc(O)c(C(=O)O)c1. The summed E-state index contributed by atoms with van der Waals surface area (Å²) in [5.41, 5.74) is 0.152. The summed E-state index contributed by atoms with van der Waals surface area (Å²) in [6, 6.07) is 4.07. The van der Waals surface area contributed by atoms with Crippen molar-refractivity contribution in [1.82, 2.24) is 0 Å². The number of hydrogen-bond acceptors (Lipinski definition) is 3. The van der Waals surface area contributed by atoms with Gasteiger partial charge in [0.1, 0.15) is 11.3 Å². The maximum Gasteiger partial charge on any atom is 0.339 e. The average molecular weight is 575 g/mol. The third-order valence-corrected chi connectivity index (χ3v) is 8.58. The zero-order chi connectivity index (χ0) is 30.2. The maximum atomic E-state index is 12.3. The second-order valence-corrected chi connectivity index (χ2v) is 13.0. The van der Waals surface area contributed by atoms with Gasteiger partial charge in [0.2, 0.25) is 0 Å². The van der Waals surface area contributed by atoms with Crippen LogP contribution >= 0.6 is 0 Å². The zero-order valence-corrected chi connectivity index (χ0v) is 27.1. The number of benzene rings is 1. The summed E-state index contributed by atoms with van der Waals surface area (Å²) in [6.45, 7) is 4.87. The number of Topliss-reactive ketones (excluding diaryl/α,β-unsaturated/α-hetero) is 1. The molecule has 41 heavy (non-hydrogen) atoms. The van der Waals surface area contributed by atoms with Crippen molar-refractivity contribution in [1.29, 1.82) is 0 Å². The average Bonchev–Trinajstić information content (AvgIpc) is 2.94. The van der Waals surface area contributed by atoms with E-state index in [2.05, 4.69) is 21.0 Å². The molecule has 2 N–H and O–H groups in total. The molecule has 0 amide bonds. The molecule has 1 aromatic rings. The van der Waals surface area contributed by atoms with Crippen LogP contribution in [0.3, 0.4) is 0 Å². The van der Waals surface area contributed by atoms with Crippen LogP contribution < -0.4 is 0 Å². The Kier molecular flexibility index (Phi) is 21.4. The molecule has 0 saturated heterocycles. The number of rotatable bonds is 28. The summed E-state index contributed by atoms with van der Waals surface area (Å²) < 4.78 is 1.15. The van der Waals surface area contributed by atoms with Crippen molar-refractivity contribution in [2.75, 3.05) is 27.2 Å². The zero-order valence-electron chi connectivity index (χ0n) is 27.1. The largest absolute Gasteiger partial charge is 0.507 e. The van der Waals surface area contributed by atoms with E-state index in [9.17, 15) is 14.7 Å². The van der Waals surface area contributed by atoms with Crippen LogP contribution in [0.25, 0.3) is 0 Å². The number of nitrogens with zero attached hydrogens (tertiary/aromatic N) is 1. The maximum absolute atomic E-state index is 12.3. The number of hydrogen-bond donors (Lipinski definition) is 2. The van der Waals surface area contributed by atoms with Crippen LogP contribution in [-0.2, 0) is 0 Å². The molecule has 236 valence electrons. The quantitative estimate of drug-likeness (QED) is 0.0593. The Morgan fingerprint density at radius 1 is 0.610 bits per heavy atom. The lowest BCUT2D eigenvalue weighted by atomic mass is 10.0. The fourth-order valence-corrected chi connectivity index (χ4v) is 5.76. The topological polar surface area (TPSA) is 74.6 Å². The van der Waals surface area contributed by atoms with E-state index in [4.69, 9.17) is 5.11 Å². The predicted molar refractivity (Wildman–Crippen MR) is 173 cm³/mol. The van der Waals surface area contributed by atoms with Gasteiger partial charge in [-0.15, -0.1) is 0 Å². The lowest BCUT2D eigenvalue weighted by Gasteiger charge is -2.30. The lowest BCUT2D eigenvalue weighted by Crippen LogP contribution is -2.41. The van der Waals surface area contributed by atoms with E-state index in [1.165, 1.54) is 153 Å². The Morgan fingerprint density at radius 2 is 1.00 bits per heavy atom. The van der Waals surface area contributed by atoms with Gasteiger partial charge in [0.05, 0.1) is 27.2 Å². The van der Waals surface area contributed by atoms with Crippen molar-refractivity contribution < 1.29 is 24.3 Å². The van der Waals surface area contributed by atoms with E-state index in [-0.39, 0.29) is 17.1 Å². The lowest BCUT2D eigenvalue weighted by molar-refractivity contribution is -0.890. The van der Waals surface area contributed by atoms with E-state index in [1.54, 1.807) is 0 Å². The second-order valence-electron chi connectivity index (χ2n) is 13.0. The van der Waals surface area contributed by atoms with Gasteiger partial charge in [-0.1, -0.05) is 116 Å². The monoisotopic (exact) mass is 574 g/mol. The van der Waals surface area contributed by atoms with Crippen LogP contribution in [0.2, 0.25) is 0 Å². The molecule has 0 fully saturated rings. The minimum absolute atomic E-state index is 0.0534. The van der Waals surface area contributed by atoms with Gasteiger partial charge in [-0.25, -0.2) is 4.79 Å².